The Morgan fingerprint density at radius 2 is 1.64 bits per heavy atom. The van der Waals surface area contributed by atoms with Crippen molar-refractivity contribution < 1.29 is 4.79 Å². The molecule has 42 heavy (non-hydrogen) atoms. The van der Waals surface area contributed by atoms with Crippen LogP contribution in [0.15, 0.2) is 105 Å². The van der Waals surface area contributed by atoms with Crippen molar-refractivity contribution in [3.63, 3.8) is 0 Å². The van der Waals surface area contributed by atoms with Crippen LogP contribution in [0, 0.1) is 5.92 Å². The van der Waals surface area contributed by atoms with Crippen LogP contribution in [-0.4, -0.2) is 43.6 Å². The lowest BCUT2D eigenvalue weighted by Gasteiger charge is -2.42. The number of hydrogen-bond acceptors (Lipinski definition) is 7. The molecule has 1 saturated heterocycles. The van der Waals surface area contributed by atoms with E-state index in [9.17, 15) is 9.59 Å². The summed E-state index contributed by atoms with van der Waals surface area (Å²) in [5, 5.41) is 12.1. The number of carbonyl (C=O) groups is 1. The molecular formula is C33H25N5O2S2. The second-order valence-corrected chi connectivity index (χ2v) is 13.2. The highest BCUT2D eigenvalue weighted by atomic mass is 32.2. The van der Waals surface area contributed by atoms with Crippen LogP contribution in [0.4, 0.5) is 0 Å². The lowest BCUT2D eigenvalue weighted by atomic mass is 9.83. The zero-order valence-electron chi connectivity index (χ0n) is 22.5. The summed E-state index contributed by atoms with van der Waals surface area (Å²) in [4.78, 5) is 32.7. The van der Waals surface area contributed by atoms with Crippen LogP contribution < -0.4 is 5.56 Å². The maximum absolute atomic E-state index is 13.6. The summed E-state index contributed by atoms with van der Waals surface area (Å²) in [7, 11) is 0. The lowest BCUT2D eigenvalue weighted by molar-refractivity contribution is 0.0594. The van der Waals surface area contributed by atoms with Crippen LogP contribution >= 0.6 is 23.1 Å². The Kier molecular flexibility index (Phi) is 6.15. The first kappa shape index (κ1) is 25.4. The maximum Gasteiger partial charge on any atom is 0.253 e. The minimum absolute atomic E-state index is 0.0292. The molecule has 0 spiro atoms. The van der Waals surface area contributed by atoms with Crippen molar-refractivity contribution in [3.05, 3.63) is 113 Å². The van der Waals surface area contributed by atoms with E-state index in [0.29, 0.717) is 31.1 Å². The zero-order valence-corrected chi connectivity index (χ0v) is 24.1. The molecule has 5 heterocycles. The molecule has 2 bridgehead atoms. The summed E-state index contributed by atoms with van der Waals surface area (Å²) in [5.74, 6) is 0.511. The van der Waals surface area contributed by atoms with Gasteiger partial charge in [0.2, 0.25) is 0 Å². The second kappa shape index (κ2) is 10.2. The Morgan fingerprint density at radius 1 is 0.833 bits per heavy atom. The molecule has 8 rings (SSSR count). The van der Waals surface area contributed by atoms with Crippen molar-refractivity contribution in [1.82, 2.24) is 24.6 Å². The third-order valence-corrected chi connectivity index (χ3v) is 10.4. The summed E-state index contributed by atoms with van der Waals surface area (Å²) >= 11 is 3.19. The number of benzene rings is 3. The Balaban J connectivity index is 1.05. The van der Waals surface area contributed by atoms with Crippen molar-refractivity contribution in [1.29, 1.82) is 0 Å². The molecule has 1 amide bonds. The number of piperidine rings is 1. The third-order valence-electron chi connectivity index (χ3n) is 8.28. The molecule has 2 aliphatic heterocycles. The van der Waals surface area contributed by atoms with Gasteiger partial charge in [0.25, 0.3) is 11.5 Å². The van der Waals surface area contributed by atoms with Gasteiger partial charge >= 0.3 is 0 Å². The molecule has 3 aromatic heterocycles. The van der Waals surface area contributed by atoms with Crippen LogP contribution in [0.5, 0.6) is 0 Å². The number of para-hydroxylation sites is 1. The molecule has 6 aromatic rings. The molecule has 2 atom stereocenters. The van der Waals surface area contributed by atoms with E-state index in [1.54, 1.807) is 17.4 Å². The van der Waals surface area contributed by atoms with Crippen molar-refractivity contribution in [3.8, 4) is 11.3 Å². The van der Waals surface area contributed by atoms with E-state index in [4.69, 9.17) is 4.98 Å². The van der Waals surface area contributed by atoms with Gasteiger partial charge in [-0.25, -0.2) is 4.98 Å². The van der Waals surface area contributed by atoms with Crippen LogP contribution in [0.3, 0.4) is 0 Å². The number of thiazole rings is 1. The second-order valence-electron chi connectivity index (χ2n) is 10.9. The van der Waals surface area contributed by atoms with Crippen LogP contribution in [-0.2, 0) is 6.54 Å². The largest absolute Gasteiger partial charge is 0.338 e. The van der Waals surface area contributed by atoms with E-state index in [0.717, 1.165) is 53.7 Å². The SMILES string of the molecule is O=C(c1ccc(-c2nnc(Sc3nc4ccccc4s3)c3ccccc23)cc1)N1C[C@H]2C[C@@H](C1)c1cccc(=O)n1C2. The first-order valence-corrected chi connectivity index (χ1v) is 15.6. The minimum atomic E-state index is 0.0292. The molecule has 0 N–H and O–H groups in total. The predicted octanol–water partition coefficient (Wildman–Crippen LogP) is 6.48. The van der Waals surface area contributed by atoms with Gasteiger partial charge in [0.05, 0.1) is 10.2 Å². The van der Waals surface area contributed by atoms with Crippen LogP contribution in [0.2, 0.25) is 0 Å². The van der Waals surface area contributed by atoms with Gasteiger partial charge in [-0.05, 0) is 54.4 Å². The highest BCUT2D eigenvalue weighted by Crippen LogP contribution is 2.39. The number of aromatic nitrogens is 4. The maximum atomic E-state index is 13.6. The van der Waals surface area contributed by atoms with Gasteiger partial charge in [0.15, 0.2) is 4.34 Å². The number of hydrogen-bond donors (Lipinski definition) is 0. The Hall–Kier alpha value is -4.34. The minimum Gasteiger partial charge on any atom is -0.338 e. The Labute approximate surface area is 249 Å². The number of likely N-dealkylation sites (tertiary alicyclic amines) is 1. The van der Waals surface area contributed by atoms with E-state index >= 15 is 0 Å². The quantitative estimate of drug-likeness (QED) is 0.235. The molecule has 2 aliphatic rings. The molecule has 206 valence electrons. The van der Waals surface area contributed by atoms with Gasteiger partial charge in [-0.3, -0.25) is 9.59 Å². The molecule has 3 aromatic carbocycles. The number of amides is 1. The Bertz CT molecular complexity index is 2020. The number of fused-ring (bicyclic) bond motifs is 6. The fraction of sp³-hybridized carbons (Fsp3) is 0.182. The fourth-order valence-corrected chi connectivity index (χ4v) is 8.41. The van der Waals surface area contributed by atoms with Crippen LogP contribution in [0.25, 0.3) is 32.2 Å². The monoisotopic (exact) mass is 587 g/mol. The molecule has 1 fully saturated rings. The van der Waals surface area contributed by atoms with Gasteiger partial charge in [-0.2, -0.15) is 0 Å². The van der Waals surface area contributed by atoms with E-state index in [1.807, 2.05) is 76.2 Å². The topological polar surface area (TPSA) is 81.0 Å². The zero-order chi connectivity index (χ0) is 28.2. The van der Waals surface area contributed by atoms with Crippen molar-refractivity contribution >= 4 is 50.0 Å². The average Bonchev–Trinajstić information content (AvgIpc) is 3.44. The van der Waals surface area contributed by atoms with Crippen molar-refractivity contribution in [2.24, 2.45) is 5.92 Å². The standard InChI is InChI=1S/C33H25N5O2S2/c39-29-11-5-9-27-23-16-20(18-38(27)29)17-37(19-23)32(40)22-14-12-21(13-15-22)30-24-6-1-2-7-25(24)31(36-35-30)42-33-34-26-8-3-4-10-28(26)41-33/h1-15,20,23H,16-19H2/t20-,23+/m1/s1. The van der Waals surface area contributed by atoms with E-state index in [-0.39, 0.29) is 17.4 Å². The van der Waals surface area contributed by atoms with Crippen molar-refractivity contribution in [2.75, 3.05) is 13.1 Å². The normalized spacial score (nSPS) is 17.9. The van der Waals surface area contributed by atoms with Crippen LogP contribution in [0.1, 0.15) is 28.4 Å². The third kappa shape index (κ3) is 4.40. The Morgan fingerprint density at radius 3 is 2.50 bits per heavy atom. The van der Waals surface area contributed by atoms with Gasteiger partial charge in [0.1, 0.15) is 10.7 Å². The molecule has 0 saturated carbocycles. The summed E-state index contributed by atoms with van der Waals surface area (Å²) in [5.41, 5.74) is 4.44. The molecule has 0 unspecified atom stereocenters. The smallest absolute Gasteiger partial charge is 0.253 e. The highest BCUT2D eigenvalue weighted by Gasteiger charge is 2.36. The predicted molar refractivity (Wildman–Crippen MR) is 166 cm³/mol. The summed E-state index contributed by atoms with van der Waals surface area (Å²) in [6.07, 6.45) is 1.02. The number of rotatable bonds is 4. The molecule has 9 heteroatoms. The van der Waals surface area contributed by atoms with E-state index in [2.05, 4.69) is 28.4 Å². The first-order valence-electron chi connectivity index (χ1n) is 14.0. The molecule has 0 radical (unpaired) electrons. The van der Waals surface area contributed by atoms with Gasteiger partial charge < -0.3 is 9.47 Å². The van der Waals surface area contributed by atoms with E-state index < -0.39 is 0 Å². The number of carbonyl (C=O) groups excluding carboxylic acids is 1. The summed E-state index contributed by atoms with van der Waals surface area (Å²) < 4.78 is 3.98. The number of nitrogens with zero attached hydrogens (tertiary/aromatic N) is 5. The van der Waals surface area contributed by atoms with Gasteiger partial charge in [0, 0.05) is 59.2 Å². The fourth-order valence-electron chi connectivity index (χ4n) is 6.36. The first-order chi connectivity index (χ1) is 20.6. The summed E-state index contributed by atoms with van der Waals surface area (Å²) in [6.45, 7) is 1.97. The molecule has 0 aliphatic carbocycles. The van der Waals surface area contributed by atoms with Gasteiger partial charge in [-0.1, -0.05) is 54.6 Å². The summed E-state index contributed by atoms with van der Waals surface area (Å²) in [6, 6.07) is 29.5. The molecular weight excluding hydrogens is 563 g/mol. The number of pyridine rings is 1. The van der Waals surface area contributed by atoms with Crippen molar-refractivity contribution in [2.45, 2.75) is 28.2 Å². The average molecular weight is 588 g/mol. The molecule has 7 nitrogen and oxygen atoms in total. The lowest BCUT2D eigenvalue weighted by Crippen LogP contribution is -2.49. The van der Waals surface area contributed by atoms with E-state index in [1.165, 1.54) is 11.8 Å². The highest BCUT2D eigenvalue weighted by molar-refractivity contribution is 8.01. The van der Waals surface area contributed by atoms with Gasteiger partial charge in [-0.15, -0.1) is 21.5 Å².